The van der Waals surface area contributed by atoms with Crippen molar-refractivity contribution in [3.05, 3.63) is 0 Å². The van der Waals surface area contributed by atoms with Gasteiger partial charge in [-0.3, -0.25) is 4.79 Å². The third-order valence-electron chi connectivity index (χ3n) is 4.90. The Bertz CT molecular complexity index is 303. The number of nitrogens with two attached hydrogens (primary N) is 1. The maximum Gasteiger partial charge on any atom is 0.224 e. The van der Waals surface area contributed by atoms with Crippen LogP contribution < -0.4 is 5.73 Å². The molecule has 2 aliphatic rings. The van der Waals surface area contributed by atoms with E-state index in [2.05, 4.69) is 19.0 Å². The first-order valence-corrected chi connectivity index (χ1v) is 7.73. The zero-order chi connectivity index (χ0) is 13.9. The van der Waals surface area contributed by atoms with Gasteiger partial charge in [0, 0.05) is 31.1 Å². The minimum Gasteiger partial charge on any atom is -0.343 e. The molecule has 0 aromatic rings. The van der Waals surface area contributed by atoms with Crippen molar-refractivity contribution in [1.29, 1.82) is 0 Å². The van der Waals surface area contributed by atoms with Gasteiger partial charge in [0.25, 0.3) is 0 Å². The molecule has 0 radical (unpaired) electrons. The highest BCUT2D eigenvalue weighted by atomic mass is 16.2. The highest BCUT2D eigenvalue weighted by Crippen LogP contribution is 2.29. The Balaban J connectivity index is 1.81. The molecule has 1 amide bonds. The fraction of sp³-hybridized carbons (Fsp3) is 0.933. The van der Waals surface area contributed by atoms with Crippen LogP contribution in [0.25, 0.3) is 0 Å². The first-order valence-electron chi connectivity index (χ1n) is 7.73. The van der Waals surface area contributed by atoms with Crippen molar-refractivity contribution in [2.75, 3.05) is 27.2 Å². The molecule has 0 aromatic carbocycles. The van der Waals surface area contributed by atoms with E-state index in [0.717, 1.165) is 38.8 Å². The molecule has 0 atom stereocenters. The average Bonchev–Trinajstić information content (AvgIpc) is 2.39. The lowest BCUT2D eigenvalue weighted by atomic mass is 9.80. The Morgan fingerprint density at radius 1 is 1.21 bits per heavy atom. The van der Waals surface area contributed by atoms with Crippen molar-refractivity contribution in [3.63, 3.8) is 0 Å². The molecule has 1 aliphatic heterocycles. The summed E-state index contributed by atoms with van der Waals surface area (Å²) in [5.74, 6) is 0.279. The van der Waals surface area contributed by atoms with Crippen molar-refractivity contribution >= 4 is 5.91 Å². The van der Waals surface area contributed by atoms with Crippen molar-refractivity contribution < 1.29 is 4.79 Å². The molecule has 4 nitrogen and oxygen atoms in total. The number of rotatable bonds is 3. The molecule has 0 unspecified atom stereocenters. The molecule has 0 spiro atoms. The lowest BCUT2D eigenvalue weighted by Gasteiger charge is -2.38. The van der Waals surface area contributed by atoms with Gasteiger partial charge in [-0.05, 0) is 39.8 Å². The molecular formula is C15H29N3O. The van der Waals surface area contributed by atoms with E-state index in [1.807, 2.05) is 4.90 Å². The molecule has 1 aliphatic carbocycles. The third-order valence-corrected chi connectivity index (χ3v) is 4.90. The van der Waals surface area contributed by atoms with Crippen molar-refractivity contribution in [2.45, 2.75) is 62.9 Å². The summed E-state index contributed by atoms with van der Waals surface area (Å²) in [6.07, 6.45) is 8.44. The number of piperidine rings is 1. The summed E-state index contributed by atoms with van der Waals surface area (Å²) in [5.41, 5.74) is 6.17. The molecular weight excluding hydrogens is 238 g/mol. The van der Waals surface area contributed by atoms with E-state index in [9.17, 15) is 4.79 Å². The maximum absolute atomic E-state index is 12.4. The SMILES string of the molecule is CN(C)C1CCN(C(=O)CC2(N)CCCCC2)CC1. The van der Waals surface area contributed by atoms with Crippen molar-refractivity contribution in [2.24, 2.45) is 5.73 Å². The average molecular weight is 267 g/mol. The minimum absolute atomic E-state index is 0.215. The summed E-state index contributed by atoms with van der Waals surface area (Å²) in [6, 6.07) is 0.630. The Morgan fingerprint density at radius 2 is 1.79 bits per heavy atom. The molecule has 0 bridgehead atoms. The van der Waals surface area contributed by atoms with E-state index in [1.165, 1.54) is 19.3 Å². The predicted molar refractivity (Wildman–Crippen MR) is 77.9 cm³/mol. The topological polar surface area (TPSA) is 49.6 Å². The summed E-state index contributed by atoms with van der Waals surface area (Å²) >= 11 is 0. The number of likely N-dealkylation sites (tertiary alicyclic amines) is 1. The molecule has 1 saturated carbocycles. The van der Waals surface area contributed by atoms with Gasteiger partial charge in [0.05, 0.1) is 0 Å². The second-order valence-electron chi connectivity index (χ2n) is 6.68. The highest BCUT2D eigenvalue weighted by molar-refractivity contribution is 5.77. The summed E-state index contributed by atoms with van der Waals surface area (Å²) in [4.78, 5) is 16.7. The second-order valence-corrected chi connectivity index (χ2v) is 6.68. The van der Waals surface area contributed by atoms with E-state index in [1.54, 1.807) is 0 Å². The zero-order valence-electron chi connectivity index (χ0n) is 12.5. The van der Waals surface area contributed by atoms with Gasteiger partial charge >= 0.3 is 0 Å². The molecule has 19 heavy (non-hydrogen) atoms. The van der Waals surface area contributed by atoms with E-state index in [0.29, 0.717) is 12.5 Å². The van der Waals surface area contributed by atoms with E-state index >= 15 is 0 Å². The van der Waals surface area contributed by atoms with Crippen molar-refractivity contribution in [3.8, 4) is 0 Å². The number of amides is 1. The third kappa shape index (κ3) is 3.93. The molecule has 2 rings (SSSR count). The molecule has 4 heteroatoms. The monoisotopic (exact) mass is 267 g/mol. The number of nitrogens with zero attached hydrogens (tertiary/aromatic N) is 2. The van der Waals surface area contributed by atoms with Gasteiger partial charge in [-0.15, -0.1) is 0 Å². The summed E-state index contributed by atoms with van der Waals surface area (Å²) in [5, 5.41) is 0. The Morgan fingerprint density at radius 3 is 2.32 bits per heavy atom. The fourth-order valence-corrected chi connectivity index (χ4v) is 3.48. The van der Waals surface area contributed by atoms with Gasteiger partial charge in [-0.1, -0.05) is 19.3 Å². The number of carbonyl (C=O) groups excluding carboxylic acids is 1. The summed E-state index contributed by atoms with van der Waals surface area (Å²) in [7, 11) is 4.25. The van der Waals surface area contributed by atoms with Crippen LogP contribution in [0, 0.1) is 0 Å². The standard InChI is InChI=1S/C15H29N3O/c1-17(2)13-6-10-18(11-7-13)14(19)12-15(16)8-4-3-5-9-15/h13H,3-12,16H2,1-2H3. The van der Waals surface area contributed by atoms with Crippen LogP contribution >= 0.6 is 0 Å². The summed E-state index contributed by atoms with van der Waals surface area (Å²) in [6.45, 7) is 1.80. The van der Waals surface area contributed by atoms with Crippen LogP contribution in [-0.2, 0) is 4.79 Å². The van der Waals surface area contributed by atoms with E-state index in [4.69, 9.17) is 5.73 Å². The van der Waals surface area contributed by atoms with Crippen LogP contribution in [0.1, 0.15) is 51.4 Å². The van der Waals surface area contributed by atoms with Gasteiger partial charge in [0.15, 0.2) is 0 Å². The van der Waals surface area contributed by atoms with Crippen LogP contribution in [-0.4, -0.2) is 54.5 Å². The van der Waals surface area contributed by atoms with Crippen LogP contribution in [0.15, 0.2) is 0 Å². The first-order chi connectivity index (χ1) is 9.00. The van der Waals surface area contributed by atoms with E-state index < -0.39 is 0 Å². The van der Waals surface area contributed by atoms with E-state index in [-0.39, 0.29) is 11.4 Å². The van der Waals surface area contributed by atoms with Gasteiger partial charge in [-0.25, -0.2) is 0 Å². The largest absolute Gasteiger partial charge is 0.343 e. The highest BCUT2D eigenvalue weighted by Gasteiger charge is 2.33. The minimum atomic E-state index is -0.215. The number of hydrogen-bond acceptors (Lipinski definition) is 3. The Labute approximate surface area is 117 Å². The molecule has 110 valence electrons. The Kier molecular flexibility index (Phi) is 4.85. The molecule has 2 fully saturated rings. The lowest BCUT2D eigenvalue weighted by Crippen LogP contribution is -2.50. The van der Waals surface area contributed by atoms with Crippen LogP contribution in [0.3, 0.4) is 0 Å². The quantitative estimate of drug-likeness (QED) is 0.845. The van der Waals surface area contributed by atoms with Gasteiger partial charge in [0.1, 0.15) is 0 Å². The molecule has 2 N–H and O–H groups in total. The number of hydrogen-bond donors (Lipinski definition) is 1. The van der Waals surface area contributed by atoms with Crippen LogP contribution in [0.5, 0.6) is 0 Å². The van der Waals surface area contributed by atoms with Gasteiger partial charge < -0.3 is 15.5 Å². The Hall–Kier alpha value is -0.610. The lowest BCUT2D eigenvalue weighted by molar-refractivity contribution is -0.134. The van der Waals surface area contributed by atoms with Crippen molar-refractivity contribution in [1.82, 2.24) is 9.80 Å². The summed E-state index contributed by atoms with van der Waals surface area (Å²) < 4.78 is 0. The molecule has 1 heterocycles. The fourth-order valence-electron chi connectivity index (χ4n) is 3.48. The van der Waals surface area contributed by atoms with Gasteiger partial charge in [-0.2, -0.15) is 0 Å². The smallest absolute Gasteiger partial charge is 0.224 e. The zero-order valence-corrected chi connectivity index (χ0v) is 12.5. The second kappa shape index (κ2) is 6.23. The molecule has 0 aromatic heterocycles. The molecule has 1 saturated heterocycles. The van der Waals surface area contributed by atoms with Crippen LogP contribution in [0.2, 0.25) is 0 Å². The maximum atomic E-state index is 12.4. The predicted octanol–water partition coefficient (Wildman–Crippen LogP) is 1.59. The van der Waals surface area contributed by atoms with Crippen LogP contribution in [0.4, 0.5) is 0 Å². The first kappa shape index (κ1) is 14.8. The number of carbonyl (C=O) groups is 1. The van der Waals surface area contributed by atoms with Gasteiger partial charge in [0.2, 0.25) is 5.91 Å². The normalized spacial score (nSPS) is 24.7.